The predicted molar refractivity (Wildman–Crippen MR) is 302 cm³/mol. The van der Waals surface area contributed by atoms with Crippen molar-refractivity contribution in [1.29, 1.82) is 0 Å². The summed E-state index contributed by atoms with van der Waals surface area (Å²) in [5, 5.41) is 17.9. The second-order valence-corrected chi connectivity index (χ2v) is 19.9. The first-order valence-corrected chi connectivity index (χ1v) is 25.0. The maximum atomic E-state index is 5.80. The molecule has 16 aromatic rings. The van der Waals surface area contributed by atoms with Crippen LogP contribution in [-0.4, -0.2) is 19.1 Å². The summed E-state index contributed by atoms with van der Waals surface area (Å²) in [6.07, 6.45) is 0. The molecule has 0 aliphatic heterocycles. The number of para-hydroxylation sites is 3. The van der Waals surface area contributed by atoms with Crippen molar-refractivity contribution in [2.45, 2.75) is 0 Å². The molecule has 328 valence electrons. The molecule has 4 heterocycles. The summed E-state index contributed by atoms with van der Waals surface area (Å²) in [4.78, 5) is 11.6. The second kappa shape index (κ2) is 14.7. The van der Waals surface area contributed by atoms with E-state index in [1.54, 1.807) is 0 Å². The first-order chi connectivity index (χ1) is 35.2. The largest absolute Gasteiger partial charge is 0.309 e. The van der Waals surface area contributed by atoms with E-state index in [1.807, 2.05) is 11.3 Å². The van der Waals surface area contributed by atoms with E-state index in [0.717, 1.165) is 49.7 Å². The van der Waals surface area contributed by atoms with E-state index in [4.69, 9.17) is 9.97 Å². The van der Waals surface area contributed by atoms with Crippen LogP contribution in [0, 0.1) is 0 Å². The fourth-order valence-corrected chi connectivity index (χ4v) is 13.2. The molecule has 0 radical (unpaired) electrons. The molecular formula is C66H38N4S. The fraction of sp³-hybridized carbons (Fsp3) is 0. The number of fused-ring (bicyclic) bond motifs is 20. The molecule has 12 aromatic carbocycles. The summed E-state index contributed by atoms with van der Waals surface area (Å²) in [5.74, 6) is 0.657. The molecule has 4 nitrogen and oxygen atoms in total. The van der Waals surface area contributed by atoms with Crippen LogP contribution in [0.2, 0.25) is 0 Å². The van der Waals surface area contributed by atoms with Gasteiger partial charge in [0, 0.05) is 59.0 Å². The summed E-state index contributed by atoms with van der Waals surface area (Å²) in [7, 11) is 0. The zero-order valence-electron chi connectivity index (χ0n) is 38.1. The molecule has 0 unspecified atom stereocenters. The Balaban J connectivity index is 1.01. The van der Waals surface area contributed by atoms with E-state index in [9.17, 15) is 0 Å². The Hall–Kier alpha value is -9.16. The van der Waals surface area contributed by atoms with E-state index >= 15 is 0 Å². The van der Waals surface area contributed by atoms with Crippen molar-refractivity contribution in [3.63, 3.8) is 0 Å². The maximum Gasteiger partial charge on any atom is 0.235 e. The SMILES string of the molecule is c1ccc(-n2c3ccccc3c3ccc(-c4ccc5sc6c(c5c4)c4ccccc4c4c5ccccc5n(-c5nc(-c7ccc8ccccc8c7)c7c8ccccc8c8ccccc8c7n5)c64)cc32)cc1. The highest BCUT2D eigenvalue weighted by atomic mass is 32.1. The van der Waals surface area contributed by atoms with Gasteiger partial charge in [-0.25, -0.2) is 9.97 Å². The number of rotatable bonds is 4. The molecule has 16 rings (SSSR count). The maximum absolute atomic E-state index is 5.80. The minimum absolute atomic E-state index is 0.657. The van der Waals surface area contributed by atoms with Gasteiger partial charge >= 0.3 is 0 Å². The number of thiophene rings is 1. The van der Waals surface area contributed by atoms with Crippen molar-refractivity contribution in [2.24, 2.45) is 0 Å². The van der Waals surface area contributed by atoms with Crippen LogP contribution >= 0.6 is 11.3 Å². The van der Waals surface area contributed by atoms with Gasteiger partial charge in [-0.3, -0.25) is 4.57 Å². The van der Waals surface area contributed by atoms with Gasteiger partial charge in [-0.2, -0.15) is 0 Å². The summed E-state index contributed by atoms with van der Waals surface area (Å²) in [6.45, 7) is 0. The average Bonchev–Trinajstić information content (AvgIpc) is 4.12. The molecule has 0 spiro atoms. The summed E-state index contributed by atoms with van der Waals surface area (Å²) >= 11 is 1.87. The smallest absolute Gasteiger partial charge is 0.235 e. The Morgan fingerprint density at radius 2 is 0.887 bits per heavy atom. The Morgan fingerprint density at radius 1 is 0.324 bits per heavy atom. The highest BCUT2D eigenvalue weighted by molar-refractivity contribution is 7.27. The van der Waals surface area contributed by atoms with Crippen LogP contribution in [0.1, 0.15) is 0 Å². The number of hydrogen-bond acceptors (Lipinski definition) is 3. The van der Waals surface area contributed by atoms with Gasteiger partial charge in [0.15, 0.2) is 0 Å². The lowest BCUT2D eigenvalue weighted by molar-refractivity contribution is 1.02. The molecule has 0 aliphatic rings. The molecule has 5 heteroatoms. The van der Waals surface area contributed by atoms with Crippen molar-refractivity contribution in [3.8, 4) is 34.0 Å². The van der Waals surface area contributed by atoms with Gasteiger partial charge in [-0.15, -0.1) is 11.3 Å². The highest BCUT2D eigenvalue weighted by Gasteiger charge is 2.25. The molecular weight excluding hydrogens is 881 g/mol. The van der Waals surface area contributed by atoms with E-state index in [-0.39, 0.29) is 0 Å². The number of hydrogen-bond donors (Lipinski definition) is 0. The van der Waals surface area contributed by atoms with Crippen LogP contribution in [0.15, 0.2) is 231 Å². The molecule has 0 saturated carbocycles. The summed E-state index contributed by atoms with van der Waals surface area (Å²) < 4.78 is 7.24. The Bertz CT molecular complexity index is 4940. The van der Waals surface area contributed by atoms with Gasteiger partial charge in [0.2, 0.25) is 5.95 Å². The van der Waals surface area contributed by atoms with Crippen LogP contribution < -0.4 is 0 Å². The topological polar surface area (TPSA) is 35.6 Å². The third kappa shape index (κ3) is 5.49. The van der Waals surface area contributed by atoms with Gasteiger partial charge in [-0.05, 0) is 97.4 Å². The first kappa shape index (κ1) is 38.8. The Kier molecular flexibility index (Phi) is 8.01. The highest BCUT2D eigenvalue weighted by Crippen LogP contribution is 2.49. The zero-order chi connectivity index (χ0) is 46.3. The van der Waals surface area contributed by atoms with Crippen molar-refractivity contribution < 1.29 is 0 Å². The molecule has 0 saturated heterocycles. The molecule has 71 heavy (non-hydrogen) atoms. The summed E-state index contributed by atoms with van der Waals surface area (Å²) in [5.41, 5.74) is 11.1. The average molecular weight is 919 g/mol. The molecule has 0 atom stereocenters. The van der Waals surface area contributed by atoms with Gasteiger partial charge in [0.1, 0.15) is 0 Å². The van der Waals surface area contributed by atoms with E-state index < -0.39 is 0 Å². The Morgan fingerprint density at radius 3 is 1.68 bits per heavy atom. The van der Waals surface area contributed by atoms with Gasteiger partial charge in [-0.1, -0.05) is 182 Å². The predicted octanol–water partition coefficient (Wildman–Crippen LogP) is 18.1. The molecule has 0 N–H and O–H groups in total. The molecule has 4 aromatic heterocycles. The van der Waals surface area contributed by atoms with E-state index in [1.165, 1.54) is 96.2 Å². The normalized spacial score (nSPS) is 12.2. The first-order valence-electron chi connectivity index (χ1n) is 24.2. The molecule has 0 amide bonds. The zero-order valence-corrected chi connectivity index (χ0v) is 39.0. The van der Waals surface area contributed by atoms with Crippen LogP contribution in [0.25, 0.3) is 152 Å². The minimum atomic E-state index is 0.657. The summed E-state index contributed by atoms with van der Waals surface area (Å²) in [6, 6.07) is 84.2. The van der Waals surface area contributed by atoms with Crippen LogP contribution in [0.5, 0.6) is 0 Å². The van der Waals surface area contributed by atoms with Gasteiger partial charge in [0.25, 0.3) is 0 Å². The lowest BCUT2D eigenvalue weighted by Crippen LogP contribution is -2.04. The third-order valence-electron chi connectivity index (χ3n) is 15.1. The monoisotopic (exact) mass is 918 g/mol. The van der Waals surface area contributed by atoms with Crippen LogP contribution in [0.4, 0.5) is 0 Å². The number of benzene rings is 12. The van der Waals surface area contributed by atoms with Gasteiger partial charge < -0.3 is 4.57 Å². The van der Waals surface area contributed by atoms with Gasteiger partial charge in [0.05, 0.1) is 38.0 Å². The van der Waals surface area contributed by atoms with Crippen molar-refractivity contribution in [2.75, 3.05) is 0 Å². The number of aromatic nitrogens is 4. The lowest BCUT2D eigenvalue weighted by Gasteiger charge is -2.16. The molecule has 0 fully saturated rings. The van der Waals surface area contributed by atoms with Crippen LogP contribution in [-0.2, 0) is 0 Å². The fourth-order valence-electron chi connectivity index (χ4n) is 12.0. The van der Waals surface area contributed by atoms with Crippen molar-refractivity contribution in [1.82, 2.24) is 19.1 Å². The molecule has 0 bridgehead atoms. The van der Waals surface area contributed by atoms with Crippen LogP contribution in [0.3, 0.4) is 0 Å². The quantitative estimate of drug-likeness (QED) is 0.165. The standard InChI is InChI=1S/C66H38N4S/c1-2-18-44(19-3-1)69-55-28-14-12-22-47(55)48-34-32-42(38-57(48)69)41-33-35-58-54(37-41)60-51-25-10-9-24-50(51)59-53-27-13-15-29-56(53)70(64(59)65(60)71-58)66-67-62(43-31-30-39-16-4-5-17-40(39)36-43)61-49-23-8-6-20-45(49)46-21-7-11-26-52(46)63(61)68-66/h1-38H. The number of nitrogens with zero attached hydrogens (tertiary/aromatic N) is 4. The molecule has 0 aliphatic carbocycles. The van der Waals surface area contributed by atoms with Crippen molar-refractivity contribution >= 4 is 129 Å². The minimum Gasteiger partial charge on any atom is -0.309 e. The Labute approximate surface area is 410 Å². The lowest BCUT2D eigenvalue weighted by atomic mass is 9.94. The van der Waals surface area contributed by atoms with Crippen molar-refractivity contribution in [3.05, 3.63) is 231 Å². The second-order valence-electron chi connectivity index (χ2n) is 18.8. The van der Waals surface area contributed by atoms with E-state index in [2.05, 4.69) is 240 Å². The van der Waals surface area contributed by atoms with E-state index in [0.29, 0.717) is 5.95 Å². The third-order valence-corrected chi connectivity index (χ3v) is 16.2.